The van der Waals surface area contributed by atoms with Gasteiger partial charge in [-0.2, -0.15) is 0 Å². The molecule has 0 aliphatic carbocycles. The fourth-order valence-electron chi connectivity index (χ4n) is 2.20. The third-order valence-electron chi connectivity index (χ3n) is 3.28. The number of hydrogen-bond acceptors (Lipinski definition) is 3. The molecule has 0 spiro atoms. The van der Waals surface area contributed by atoms with Gasteiger partial charge in [0.25, 0.3) is 5.91 Å². The highest BCUT2D eigenvalue weighted by Crippen LogP contribution is 2.23. The van der Waals surface area contributed by atoms with E-state index in [4.69, 9.17) is 16.6 Å². The predicted molar refractivity (Wildman–Crippen MR) is 85.7 cm³/mol. The van der Waals surface area contributed by atoms with Crippen LogP contribution in [0.15, 0.2) is 52.8 Å². The molecule has 106 valence electrons. The molecule has 2 heterocycles. The number of thiocarbonyl (C=S) groups is 1. The molecule has 21 heavy (non-hydrogen) atoms. The number of nitrogens with zero attached hydrogens (tertiary/aromatic N) is 1. The minimum atomic E-state index is -0.176. The number of carbonyl (C=O) groups is 1. The second-order valence-electron chi connectivity index (χ2n) is 4.67. The number of aryl methyl sites for hydroxylation is 1. The second-order valence-corrected chi connectivity index (χ2v) is 5.05. The van der Waals surface area contributed by atoms with Crippen LogP contribution in [0.2, 0.25) is 0 Å². The first-order valence-corrected chi connectivity index (χ1v) is 7.09. The molecular weight excluding hydrogens is 284 g/mol. The van der Waals surface area contributed by atoms with E-state index in [0.29, 0.717) is 16.6 Å². The molecule has 0 unspecified atom stereocenters. The summed E-state index contributed by atoms with van der Waals surface area (Å²) in [6, 6.07) is 11.4. The largest absolute Gasteiger partial charge is 0.465 e. The first-order valence-electron chi connectivity index (χ1n) is 6.68. The van der Waals surface area contributed by atoms with Crippen LogP contribution in [0.4, 0.5) is 5.69 Å². The van der Waals surface area contributed by atoms with Crippen LogP contribution >= 0.6 is 12.2 Å². The normalized spacial score (nSPS) is 16.6. The van der Waals surface area contributed by atoms with Crippen molar-refractivity contribution >= 4 is 35.0 Å². The number of nitrogens with one attached hydrogen (secondary N) is 1. The highest BCUT2D eigenvalue weighted by atomic mass is 32.1. The average Bonchev–Trinajstić information content (AvgIpc) is 3.08. The quantitative estimate of drug-likeness (QED) is 0.698. The first kappa shape index (κ1) is 13.6. The van der Waals surface area contributed by atoms with Crippen molar-refractivity contribution in [2.75, 3.05) is 4.90 Å². The van der Waals surface area contributed by atoms with Gasteiger partial charge in [-0.3, -0.25) is 9.69 Å². The maximum absolute atomic E-state index is 12.5. The zero-order chi connectivity index (χ0) is 14.8. The van der Waals surface area contributed by atoms with Crippen LogP contribution < -0.4 is 10.2 Å². The zero-order valence-corrected chi connectivity index (χ0v) is 12.3. The molecule has 1 aliphatic rings. The summed E-state index contributed by atoms with van der Waals surface area (Å²) in [5, 5.41) is 3.32. The van der Waals surface area contributed by atoms with Crippen molar-refractivity contribution in [2.45, 2.75) is 13.3 Å². The summed E-state index contributed by atoms with van der Waals surface area (Å²) >= 11 is 5.27. The highest BCUT2D eigenvalue weighted by molar-refractivity contribution is 7.80. The molecule has 3 rings (SSSR count). The SMILES string of the molecule is CCc1cccc(N2C(=O)/C(=C\c3ccco3)NC2=S)c1. The number of furan rings is 1. The molecule has 0 saturated carbocycles. The summed E-state index contributed by atoms with van der Waals surface area (Å²) in [6.45, 7) is 2.07. The third kappa shape index (κ3) is 2.60. The van der Waals surface area contributed by atoms with Gasteiger partial charge < -0.3 is 9.73 Å². The lowest BCUT2D eigenvalue weighted by Crippen LogP contribution is -2.30. The number of anilines is 1. The minimum absolute atomic E-state index is 0.176. The summed E-state index contributed by atoms with van der Waals surface area (Å²) in [7, 11) is 0. The van der Waals surface area contributed by atoms with Gasteiger partial charge >= 0.3 is 0 Å². The Bertz CT molecular complexity index is 720. The van der Waals surface area contributed by atoms with Crippen LogP contribution in [0.25, 0.3) is 6.08 Å². The lowest BCUT2D eigenvalue weighted by atomic mass is 10.1. The van der Waals surface area contributed by atoms with E-state index in [2.05, 4.69) is 12.2 Å². The lowest BCUT2D eigenvalue weighted by Gasteiger charge is -2.14. The van der Waals surface area contributed by atoms with Gasteiger partial charge in [-0.25, -0.2) is 0 Å². The highest BCUT2D eigenvalue weighted by Gasteiger charge is 2.32. The monoisotopic (exact) mass is 298 g/mol. The minimum Gasteiger partial charge on any atom is -0.465 e. The third-order valence-corrected chi connectivity index (χ3v) is 3.57. The van der Waals surface area contributed by atoms with E-state index >= 15 is 0 Å². The molecule has 0 atom stereocenters. The molecule has 1 fully saturated rings. The molecule has 1 saturated heterocycles. The van der Waals surface area contributed by atoms with Gasteiger partial charge in [0.15, 0.2) is 5.11 Å². The van der Waals surface area contributed by atoms with Crippen LogP contribution in [0.3, 0.4) is 0 Å². The summed E-state index contributed by atoms with van der Waals surface area (Å²) < 4.78 is 5.23. The van der Waals surface area contributed by atoms with Gasteiger partial charge in [0, 0.05) is 6.08 Å². The van der Waals surface area contributed by atoms with E-state index < -0.39 is 0 Å². The van der Waals surface area contributed by atoms with E-state index in [1.807, 2.05) is 24.3 Å². The second kappa shape index (κ2) is 5.54. The van der Waals surface area contributed by atoms with Crippen LogP contribution in [0, 0.1) is 0 Å². The maximum atomic E-state index is 12.5. The van der Waals surface area contributed by atoms with Gasteiger partial charge in [-0.1, -0.05) is 19.1 Å². The van der Waals surface area contributed by atoms with E-state index in [-0.39, 0.29) is 5.91 Å². The van der Waals surface area contributed by atoms with Gasteiger partial charge in [0.2, 0.25) is 0 Å². The van der Waals surface area contributed by atoms with Crippen LogP contribution in [0.5, 0.6) is 0 Å². The molecular formula is C16H14N2O2S. The van der Waals surface area contributed by atoms with Gasteiger partial charge in [0.05, 0.1) is 12.0 Å². The van der Waals surface area contributed by atoms with Crippen molar-refractivity contribution < 1.29 is 9.21 Å². The Labute approximate surface area is 128 Å². The molecule has 0 bridgehead atoms. The molecule has 1 aliphatic heterocycles. The molecule has 5 heteroatoms. The van der Waals surface area contributed by atoms with E-state index in [0.717, 1.165) is 17.7 Å². The fraction of sp³-hybridized carbons (Fsp3) is 0.125. The predicted octanol–water partition coefficient (Wildman–Crippen LogP) is 3.10. The molecule has 4 nitrogen and oxygen atoms in total. The summed E-state index contributed by atoms with van der Waals surface area (Å²) in [4.78, 5) is 14.0. The van der Waals surface area contributed by atoms with Crippen LogP contribution in [0.1, 0.15) is 18.2 Å². The van der Waals surface area contributed by atoms with Crippen LogP contribution in [-0.2, 0) is 11.2 Å². The number of benzene rings is 1. The molecule has 1 aromatic carbocycles. The zero-order valence-electron chi connectivity index (χ0n) is 11.5. The summed E-state index contributed by atoms with van der Waals surface area (Å²) in [5.41, 5.74) is 2.35. The Morgan fingerprint density at radius 1 is 1.33 bits per heavy atom. The van der Waals surface area contributed by atoms with Crippen molar-refractivity contribution in [3.63, 3.8) is 0 Å². The van der Waals surface area contributed by atoms with Crippen molar-refractivity contribution in [2.24, 2.45) is 0 Å². The molecule has 1 amide bonds. The Hall–Kier alpha value is -2.40. The summed E-state index contributed by atoms with van der Waals surface area (Å²) in [5.74, 6) is 0.433. The molecule has 1 N–H and O–H groups in total. The van der Waals surface area contributed by atoms with Crippen molar-refractivity contribution in [1.82, 2.24) is 5.32 Å². The number of rotatable bonds is 3. The van der Waals surface area contributed by atoms with Gasteiger partial charge in [-0.05, 0) is 48.5 Å². The molecule has 1 aromatic heterocycles. The number of carbonyl (C=O) groups excluding carboxylic acids is 1. The average molecular weight is 298 g/mol. The Balaban J connectivity index is 1.93. The topological polar surface area (TPSA) is 45.5 Å². The summed E-state index contributed by atoms with van der Waals surface area (Å²) in [6.07, 6.45) is 4.12. The van der Waals surface area contributed by atoms with E-state index in [1.54, 1.807) is 24.5 Å². The standard InChI is InChI=1S/C16H14N2O2S/c1-2-11-5-3-6-12(9-11)18-15(19)14(17-16(18)21)10-13-7-4-8-20-13/h3-10H,2H2,1H3,(H,17,21)/b14-10+. The Morgan fingerprint density at radius 3 is 2.90 bits per heavy atom. The van der Waals surface area contributed by atoms with Crippen molar-refractivity contribution in [3.8, 4) is 0 Å². The van der Waals surface area contributed by atoms with Gasteiger partial charge in [-0.15, -0.1) is 0 Å². The molecule has 0 radical (unpaired) electrons. The smallest absolute Gasteiger partial charge is 0.281 e. The first-order chi connectivity index (χ1) is 10.2. The van der Waals surface area contributed by atoms with Gasteiger partial charge in [0.1, 0.15) is 11.5 Å². The molecule has 2 aromatic rings. The Morgan fingerprint density at radius 2 is 2.19 bits per heavy atom. The maximum Gasteiger partial charge on any atom is 0.281 e. The van der Waals surface area contributed by atoms with Crippen molar-refractivity contribution in [1.29, 1.82) is 0 Å². The lowest BCUT2D eigenvalue weighted by molar-refractivity contribution is -0.113. The van der Waals surface area contributed by atoms with Crippen molar-refractivity contribution in [3.05, 3.63) is 59.7 Å². The Kier molecular flexibility index (Phi) is 3.58. The number of hydrogen-bond donors (Lipinski definition) is 1. The van der Waals surface area contributed by atoms with E-state index in [1.165, 1.54) is 4.90 Å². The fourth-order valence-corrected chi connectivity index (χ4v) is 2.50. The van der Waals surface area contributed by atoms with Crippen LogP contribution in [-0.4, -0.2) is 11.0 Å². The number of amides is 1. The van der Waals surface area contributed by atoms with E-state index in [9.17, 15) is 4.79 Å².